The maximum Gasteiger partial charge on any atom is 0.407 e. The fourth-order valence-corrected chi connectivity index (χ4v) is 1.78. The number of hydrogen-bond acceptors (Lipinski definition) is 5. The largest absolute Gasteiger partial charge is 0.465 e. The van der Waals surface area contributed by atoms with Gasteiger partial charge in [0.1, 0.15) is 5.60 Å². The normalized spacial score (nSPS) is 10.8. The third-order valence-electron chi connectivity index (χ3n) is 2.49. The van der Waals surface area contributed by atoms with Crippen molar-refractivity contribution < 1.29 is 19.1 Å². The number of hydrogen-bond donors (Lipinski definition) is 2. The number of anilines is 1. The van der Waals surface area contributed by atoms with Gasteiger partial charge in [-0.25, -0.2) is 9.59 Å². The number of halogens is 1. The van der Waals surface area contributed by atoms with E-state index < -0.39 is 17.7 Å². The van der Waals surface area contributed by atoms with Crippen molar-refractivity contribution in [3.63, 3.8) is 0 Å². The predicted molar refractivity (Wildman–Crippen MR) is 85.5 cm³/mol. The first-order valence-corrected chi connectivity index (χ1v) is 7.19. The predicted octanol–water partition coefficient (Wildman–Crippen LogP) is 3.06. The van der Waals surface area contributed by atoms with Gasteiger partial charge in [-0.15, -0.1) is 0 Å². The lowest BCUT2D eigenvalue weighted by Crippen LogP contribution is -2.35. The molecule has 122 valence electrons. The zero-order chi connectivity index (χ0) is 16.8. The van der Waals surface area contributed by atoms with Crippen LogP contribution in [0.2, 0.25) is 5.02 Å². The third kappa shape index (κ3) is 6.22. The molecule has 1 amide bonds. The van der Waals surface area contributed by atoms with Crippen molar-refractivity contribution in [3.05, 3.63) is 28.8 Å². The number of methoxy groups -OCH3 is 1. The Morgan fingerprint density at radius 2 is 1.91 bits per heavy atom. The van der Waals surface area contributed by atoms with Crippen LogP contribution in [0, 0.1) is 0 Å². The summed E-state index contributed by atoms with van der Waals surface area (Å²) in [6.07, 6.45) is -0.472. The Balaban J connectivity index is 2.46. The van der Waals surface area contributed by atoms with Crippen LogP contribution >= 0.6 is 11.6 Å². The minimum atomic E-state index is -0.525. The molecule has 0 bridgehead atoms. The van der Waals surface area contributed by atoms with E-state index >= 15 is 0 Å². The zero-order valence-electron chi connectivity index (χ0n) is 13.2. The van der Waals surface area contributed by atoms with Crippen molar-refractivity contribution in [3.8, 4) is 0 Å². The summed E-state index contributed by atoms with van der Waals surface area (Å²) in [7, 11) is 1.30. The molecule has 0 aliphatic carbocycles. The van der Waals surface area contributed by atoms with Crippen LogP contribution in [-0.4, -0.2) is 37.9 Å². The van der Waals surface area contributed by atoms with Gasteiger partial charge in [0.15, 0.2) is 0 Å². The minimum absolute atomic E-state index is 0.286. The Kier molecular flexibility index (Phi) is 6.49. The van der Waals surface area contributed by atoms with Crippen LogP contribution in [0.5, 0.6) is 0 Å². The Hall–Kier alpha value is -1.95. The molecule has 0 aromatic heterocycles. The Morgan fingerprint density at radius 1 is 1.23 bits per heavy atom. The van der Waals surface area contributed by atoms with E-state index in [9.17, 15) is 9.59 Å². The molecule has 0 fully saturated rings. The van der Waals surface area contributed by atoms with Crippen LogP contribution in [0.3, 0.4) is 0 Å². The molecule has 0 aliphatic heterocycles. The molecule has 0 radical (unpaired) electrons. The van der Waals surface area contributed by atoms with Gasteiger partial charge in [-0.3, -0.25) is 0 Å². The maximum absolute atomic E-state index is 11.5. The first kappa shape index (κ1) is 18.1. The van der Waals surface area contributed by atoms with Gasteiger partial charge in [-0.1, -0.05) is 11.6 Å². The van der Waals surface area contributed by atoms with E-state index in [-0.39, 0.29) is 5.56 Å². The fourth-order valence-electron chi connectivity index (χ4n) is 1.59. The average molecular weight is 329 g/mol. The molecular formula is C15H21ClN2O4. The molecule has 1 aromatic carbocycles. The van der Waals surface area contributed by atoms with Gasteiger partial charge >= 0.3 is 12.1 Å². The smallest absolute Gasteiger partial charge is 0.407 e. The highest BCUT2D eigenvalue weighted by atomic mass is 35.5. The molecule has 22 heavy (non-hydrogen) atoms. The minimum Gasteiger partial charge on any atom is -0.465 e. The van der Waals surface area contributed by atoms with Gasteiger partial charge < -0.3 is 20.1 Å². The highest BCUT2D eigenvalue weighted by molar-refractivity contribution is 6.33. The molecule has 0 aliphatic rings. The SMILES string of the molecule is COC(=O)c1cc(NCCNC(=O)OC(C)(C)C)ccc1Cl. The van der Waals surface area contributed by atoms with E-state index in [1.165, 1.54) is 7.11 Å². The number of rotatable bonds is 5. The number of nitrogens with one attached hydrogen (secondary N) is 2. The van der Waals surface area contributed by atoms with Crippen molar-refractivity contribution in [2.75, 3.05) is 25.5 Å². The van der Waals surface area contributed by atoms with Crippen LogP contribution < -0.4 is 10.6 Å². The van der Waals surface area contributed by atoms with Gasteiger partial charge in [0.25, 0.3) is 0 Å². The second kappa shape index (κ2) is 7.89. The molecule has 0 saturated carbocycles. The van der Waals surface area contributed by atoms with Gasteiger partial charge in [-0.2, -0.15) is 0 Å². The number of ether oxygens (including phenoxy) is 2. The van der Waals surface area contributed by atoms with Crippen molar-refractivity contribution in [2.45, 2.75) is 26.4 Å². The monoisotopic (exact) mass is 328 g/mol. The summed E-state index contributed by atoms with van der Waals surface area (Å²) in [5, 5.41) is 6.02. The van der Waals surface area contributed by atoms with E-state index in [0.717, 1.165) is 0 Å². The van der Waals surface area contributed by atoms with Gasteiger partial charge in [0.2, 0.25) is 0 Å². The van der Waals surface area contributed by atoms with Crippen LogP contribution in [0.15, 0.2) is 18.2 Å². The maximum atomic E-state index is 11.5. The van der Waals surface area contributed by atoms with Gasteiger partial charge in [0.05, 0.1) is 17.7 Å². The van der Waals surface area contributed by atoms with Gasteiger partial charge in [-0.05, 0) is 39.0 Å². The summed E-state index contributed by atoms with van der Waals surface area (Å²) in [6, 6.07) is 4.95. The first-order chi connectivity index (χ1) is 10.2. The van der Waals surface area contributed by atoms with Crippen LogP contribution in [0.4, 0.5) is 10.5 Å². The van der Waals surface area contributed by atoms with Crippen LogP contribution in [0.1, 0.15) is 31.1 Å². The quantitative estimate of drug-likeness (QED) is 0.641. The number of esters is 1. The number of carbonyl (C=O) groups excluding carboxylic acids is 2. The topological polar surface area (TPSA) is 76.7 Å². The lowest BCUT2D eigenvalue weighted by atomic mass is 10.2. The Morgan fingerprint density at radius 3 is 2.50 bits per heavy atom. The van der Waals surface area contributed by atoms with Crippen LogP contribution in [-0.2, 0) is 9.47 Å². The molecule has 7 heteroatoms. The molecule has 0 heterocycles. The van der Waals surface area contributed by atoms with E-state index in [1.54, 1.807) is 39.0 Å². The third-order valence-corrected chi connectivity index (χ3v) is 2.82. The summed E-state index contributed by atoms with van der Waals surface area (Å²) in [4.78, 5) is 23.0. The standard InChI is InChI=1S/C15H21ClN2O4/c1-15(2,3)22-14(20)18-8-7-17-10-5-6-12(16)11(9-10)13(19)21-4/h5-6,9,17H,7-8H2,1-4H3,(H,18,20). The van der Waals surface area contributed by atoms with Gasteiger partial charge in [0, 0.05) is 18.8 Å². The molecule has 0 saturated heterocycles. The molecule has 2 N–H and O–H groups in total. The van der Waals surface area contributed by atoms with E-state index in [4.69, 9.17) is 16.3 Å². The lowest BCUT2D eigenvalue weighted by Gasteiger charge is -2.19. The number of amides is 1. The lowest BCUT2D eigenvalue weighted by molar-refractivity contribution is 0.0528. The molecule has 1 aromatic rings. The number of carbonyl (C=O) groups is 2. The molecule has 0 unspecified atom stereocenters. The van der Waals surface area contributed by atoms with Crippen molar-refractivity contribution in [1.82, 2.24) is 5.32 Å². The molecule has 0 atom stereocenters. The summed E-state index contributed by atoms with van der Waals surface area (Å²) in [5.74, 6) is -0.500. The van der Waals surface area contributed by atoms with Crippen molar-refractivity contribution >= 4 is 29.4 Å². The Bertz CT molecular complexity index is 541. The first-order valence-electron chi connectivity index (χ1n) is 6.81. The highest BCUT2D eigenvalue weighted by Gasteiger charge is 2.15. The average Bonchev–Trinajstić information content (AvgIpc) is 2.42. The summed E-state index contributed by atoms with van der Waals surface area (Å²) in [6.45, 7) is 6.25. The summed E-state index contributed by atoms with van der Waals surface area (Å²) >= 11 is 5.93. The fraction of sp³-hybridized carbons (Fsp3) is 0.467. The number of benzene rings is 1. The van der Waals surface area contributed by atoms with Crippen LogP contribution in [0.25, 0.3) is 0 Å². The van der Waals surface area contributed by atoms with Crippen molar-refractivity contribution in [2.24, 2.45) is 0 Å². The second-order valence-corrected chi connectivity index (χ2v) is 5.95. The van der Waals surface area contributed by atoms with Crippen molar-refractivity contribution in [1.29, 1.82) is 0 Å². The van der Waals surface area contributed by atoms with E-state index in [1.807, 2.05) is 0 Å². The number of alkyl carbamates (subject to hydrolysis) is 1. The molecule has 6 nitrogen and oxygen atoms in total. The van der Waals surface area contributed by atoms with E-state index in [2.05, 4.69) is 15.4 Å². The Labute approximate surface area is 135 Å². The molecule has 0 spiro atoms. The summed E-state index contributed by atoms with van der Waals surface area (Å²) < 4.78 is 9.77. The summed E-state index contributed by atoms with van der Waals surface area (Å²) in [5.41, 5.74) is 0.466. The molecule has 1 rings (SSSR count). The molecular weight excluding hydrogens is 308 g/mol. The second-order valence-electron chi connectivity index (χ2n) is 5.54. The van der Waals surface area contributed by atoms with E-state index in [0.29, 0.717) is 23.8 Å². The zero-order valence-corrected chi connectivity index (χ0v) is 13.9. The highest BCUT2D eigenvalue weighted by Crippen LogP contribution is 2.21.